The Morgan fingerprint density at radius 2 is 1.96 bits per heavy atom. The first-order valence-corrected chi connectivity index (χ1v) is 9.73. The molecule has 0 bridgehead atoms. The molecule has 0 aliphatic carbocycles. The van der Waals surface area contributed by atoms with E-state index in [0.717, 1.165) is 11.3 Å². The van der Waals surface area contributed by atoms with Crippen LogP contribution >= 0.6 is 22.9 Å². The van der Waals surface area contributed by atoms with Gasteiger partial charge in [0.05, 0.1) is 32.0 Å². The van der Waals surface area contributed by atoms with Crippen LogP contribution in [0, 0.1) is 6.92 Å². The largest absolute Gasteiger partial charge is 0.497 e. The highest BCUT2D eigenvalue weighted by atomic mass is 35.5. The lowest BCUT2D eigenvalue weighted by Crippen LogP contribution is -2.15. The van der Waals surface area contributed by atoms with Gasteiger partial charge >= 0.3 is 0 Å². The van der Waals surface area contributed by atoms with Crippen molar-refractivity contribution in [3.05, 3.63) is 58.1 Å². The van der Waals surface area contributed by atoms with E-state index in [2.05, 4.69) is 15.6 Å². The summed E-state index contributed by atoms with van der Waals surface area (Å²) in [6.07, 6.45) is 0.166. The van der Waals surface area contributed by atoms with Crippen molar-refractivity contribution in [2.75, 3.05) is 24.9 Å². The quantitative estimate of drug-likeness (QED) is 0.563. The lowest BCUT2D eigenvalue weighted by Gasteiger charge is -2.10. The molecule has 8 heteroatoms. The van der Waals surface area contributed by atoms with Crippen LogP contribution in [0.4, 0.5) is 16.5 Å². The topological polar surface area (TPSA) is 72.5 Å². The minimum Gasteiger partial charge on any atom is -0.497 e. The fourth-order valence-electron chi connectivity index (χ4n) is 2.56. The molecular formula is C20H20ClN3O3S. The first-order chi connectivity index (χ1) is 13.5. The highest BCUT2D eigenvalue weighted by molar-refractivity contribution is 7.13. The van der Waals surface area contributed by atoms with E-state index in [9.17, 15) is 4.79 Å². The Morgan fingerprint density at radius 1 is 1.14 bits per heavy atom. The number of halogens is 1. The van der Waals surface area contributed by atoms with Crippen LogP contribution < -0.4 is 20.1 Å². The van der Waals surface area contributed by atoms with E-state index in [-0.39, 0.29) is 12.3 Å². The number of anilines is 3. The summed E-state index contributed by atoms with van der Waals surface area (Å²) in [7, 11) is 3.20. The summed E-state index contributed by atoms with van der Waals surface area (Å²) in [5.41, 5.74) is 3.06. The standard InChI is InChI=1S/C20H20ClN3O3S/c1-12-4-5-13(21)8-16(12)23-19(25)9-14-11-28-20(22-14)24-17-10-15(26-2)6-7-18(17)27-3/h4-8,10-11H,9H2,1-3H3,(H,22,24)(H,23,25). The van der Waals surface area contributed by atoms with E-state index in [1.54, 1.807) is 26.4 Å². The molecule has 2 aromatic carbocycles. The second-order valence-electron chi connectivity index (χ2n) is 6.02. The van der Waals surface area contributed by atoms with E-state index in [0.29, 0.717) is 33.0 Å². The van der Waals surface area contributed by atoms with Crippen molar-refractivity contribution in [2.45, 2.75) is 13.3 Å². The van der Waals surface area contributed by atoms with Gasteiger partial charge in [0, 0.05) is 22.2 Å². The molecule has 0 radical (unpaired) electrons. The van der Waals surface area contributed by atoms with Crippen LogP contribution in [0.2, 0.25) is 5.02 Å². The third kappa shape index (κ3) is 4.94. The Labute approximate surface area is 172 Å². The maximum absolute atomic E-state index is 12.4. The first kappa shape index (κ1) is 20.0. The monoisotopic (exact) mass is 417 g/mol. The lowest BCUT2D eigenvalue weighted by molar-refractivity contribution is -0.115. The van der Waals surface area contributed by atoms with Crippen LogP contribution in [0.15, 0.2) is 41.8 Å². The van der Waals surface area contributed by atoms with Gasteiger partial charge in [-0.25, -0.2) is 4.98 Å². The number of ether oxygens (including phenoxy) is 2. The molecule has 3 aromatic rings. The second-order valence-corrected chi connectivity index (χ2v) is 7.31. The minimum atomic E-state index is -0.152. The van der Waals surface area contributed by atoms with Crippen molar-refractivity contribution in [3.8, 4) is 11.5 Å². The third-order valence-electron chi connectivity index (χ3n) is 4.02. The van der Waals surface area contributed by atoms with E-state index in [1.807, 2.05) is 36.6 Å². The van der Waals surface area contributed by atoms with Crippen molar-refractivity contribution in [3.63, 3.8) is 0 Å². The van der Waals surface area contributed by atoms with Gasteiger partial charge in [-0.05, 0) is 36.8 Å². The second kappa shape index (κ2) is 8.95. The van der Waals surface area contributed by atoms with Crippen LogP contribution in [0.3, 0.4) is 0 Å². The van der Waals surface area contributed by atoms with Crippen LogP contribution in [0.5, 0.6) is 11.5 Å². The molecule has 1 amide bonds. The van der Waals surface area contributed by atoms with Gasteiger partial charge in [0.15, 0.2) is 5.13 Å². The maximum atomic E-state index is 12.4. The Balaban J connectivity index is 1.67. The highest BCUT2D eigenvalue weighted by Crippen LogP contribution is 2.32. The fraction of sp³-hybridized carbons (Fsp3) is 0.200. The number of aromatic nitrogens is 1. The number of nitrogens with one attached hydrogen (secondary N) is 2. The molecule has 3 rings (SSSR count). The molecular weight excluding hydrogens is 398 g/mol. The molecule has 0 fully saturated rings. The summed E-state index contributed by atoms with van der Waals surface area (Å²) >= 11 is 7.41. The maximum Gasteiger partial charge on any atom is 0.230 e. The van der Waals surface area contributed by atoms with Gasteiger partial charge in [-0.1, -0.05) is 17.7 Å². The van der Waals surface area contributed by atoms with Gasteiger partial charge in [-0.3, -0.25) is 4.79 Å². The molecule has 0 aliphatic rings. The van der Waals surface area contributed by atoms with Crippen LogP contribution in [-0.4, -0.2) is 25.1 Å². The molecule has 2 N–H and O–H groups in total. The molecule has 28 heavy (non-hydrogen) atoms. The molecule has 6 nitrogen and oxygen atoms in total. The minimum absolute atomic E-state index is 0.152. The van der Waals surface area contributed by atoms with Crippen LogP contribution in [0.25, 0.3) is 0 Å². The normalized spacial score (nSPS) is 10.4. The average molecular weight is 418 g/mol. The smallest absolute Gasteiger partial charge is 0.230 e. The molecule has 0 saturated carbocycles. The number of carbonyl (C=O) groups excluding carboxylic acids is 1. The predicted molar refractivity (Wildman–Crippen MR) is 113 cm³/mol. The number of hydrogen-bond acceptors (Lipinski definition) is 6. The van der Waals surface area contributed by atoms with Gasteiger partial charge in [0.2, 0.25) is 5.91 Å². The summed E-state index contributed by atoms with van der Waals surface area (Å²) in [6.45, 7) is 1.92. The molecule has 0 atom stereocenters. The van der Waals surface area contributed by atoms with Gasteiger partial charge in [-0.15, -0.1) is 11.3 Å². The number of hydrogen-bond donors (Lipinski definition) is 2. The predicted octanol–water partition coefficient (Wildman–Crippen LogP) is 5.05. The fourth-order valence-corrected chi connectivity index (χ4v) is 3.45. The molecule has 1 aromatic heterocycles. The van der Waals surface area contributed by atoms with Crippen molar-refractivity contribution in [1.29, 1.82) is 0 Å². The number of rotatable bonds is 7. The summed E-state index contributed by atoms with van der Waals surface area (Å²) in [5.74, 6) is 1.23. The summed E-state index contributed by atoms with van der Waals surface area (Å²) in [5, 5.41) is 9.17. The van der Waals surface area contributed by atoms with Crippen molar-refractivity contribution < 1.29 is 14.3 Å². The van der Waals surface area contributed by atoms with E-state index in [4.69, 9.17) is 21.1 Å². The van der Waals surface area contributed by atoms with Gasteiger partial charge < -0.3 is 20.1 Å². The van der Waals surface area contributed by atoms with Gasteiger partial charge in [0.25, 0.3) is 0 Å². The Kier molecular flexibility index (Phi) is 6.38. The number of carbonyl (C=O) groups is 1. The third-order valence-corrected chi connectivity index (χ3v) is 5.06. The van der Waals surface area contributed by atoms with Crippen molar-refractivity contribution in [1.82, 2.24) is 4.98 Å². The summed E-state index contributed by atoms with van der Waals surface area (Å²) in [4.78, 5) is 16.8. The molecule has 0 aliphatic heterocycles. The zero-order valence-electron chi connectivity index (χ0n) is 15.7. The average Bonchev–Trinajstić information content (AvgIpc) is 3.11. The number of amides is 1. The number of nitrogens with zero attached hydrogens (tertiary/aromatic N) is 1. The lowest BCUT2D eigenvalue weighted by atomic mass is 10.2. The van der Waals surface area contributed by atoms with Crippen molar-refractivity contribution in [2.24, 2.45) is 0 Å². The van der Waals surface area contributed by atoms with Crippen molar-refractivity contribution >= 4 is 45.4 Å². The van der Waals surface area contributed by atoms with E-state index >= 15 is 0 Å². The molecule has 0 spiro atoms. The molecule has 146 valence electrons. The Hall–Kier alpha value is -2.77. The Bertz CT molecular complexity index is 991. The van der Waals surface area contributed by atoms with Gasteiger partial charge in [-0.2, -0.15) is 0 Å². The van der Waals surface area contributed by atoms with E-state index < -0.39 is 0 Å². The zero-order valence-corrected chi connectivity index (χ0v) is 17.3. The Morgan fingerprint density at radius 3 is 2.71 bits per heavy atom. The molecule has 0 saturated heterocycles. The van der Waals surface area contributed by atoms with Crippen LogP contribution in [0.1, 0.15) is 11.3 Å². The SMILES string of the molecule is COc1ccc(OC)c(Nc2nc(CC(=O)Nc3cc(Cl)ccc3C)cs2)c1. The van der Waals surface area contributed by atoms with Gasteiger partial charge in [0.1, 0.15) is 11.5 Å². The molecule has 0 unspecified atom stereocenters. The number of methoxy groups -OCH3 is 2. The summed E-state index contributed by atoms with van der Waals surface area (Å²) < 4.78 is 10.6. The first-order valence-electron chi connectivity index (χ1n) is 8.48. The number of benzene rings is 2. The number of thiazole rings is 1. The zero-order chi connectivity index (χ0) is 20.1. The highest BCUT2D eigenvalue weighted by Gasteiger charge is 2.12. The molecule has 1 heterocycles. The summed E-state index contributed by atoms with van der Waals surface area (Å²) in [6, 6.07) is 10.9. The van der Waals surface area contributed by atoms with E-state index in [1.165, 1.54) is 11.3 Å². The number of aryl methyl sites for hydroxylation is 1. The van der Waals surface area contributed by atoms with Crippen LogP contribution in [-0.2, 0) is 11.2 Å².